The maximum atomic E-state index is 9.49. The van der Waals surface area contributed by atoms with Crippen molar-refractivity contribution in [3.8, 4) is 0 Å². The largest absolute Gasteiger partial charge is 0.394 e. The van der Waals surface area contributed by atoms with E-state index in [0.717, 1.165) is 12.8 Å². The van der Waals surface area contributed by atoms with Crippen LogP contribution in [0, 0.1) is 0 Å². The van der Waals surface area contributed by atoms with E-state index in [9.17, 15) is 5.11 Å². The molecule has 1 aromatic heterocycles. The lowest BCUT2D eigenvalue weighted by atomic mass is 9.91. The van der Waals surface area contributed by atoms with Gasteiger partial charge in [-0.05, 0) is 25.0 Å². The van der Waals surface area contributed by atoms with Crippen molar-refractivity contribution in [2.24, 2.45) is 0 Å². The van der Waals surface area contributed by atoms with Crippen LogP contribution in [0.4, 0.5) is 5.82 Å². The number of aromatic nitrogens is 1. The summed E-state index contributed by atoms with van der Waals surface area (Å²) in [6.45, 7) is 1.40. The molecule has 1 fully saturated rings. The molecule has 5 heteroatoms. The minimum Gasteiger partial charge on any atom is -0.394 e. The van der Waals surface area contributed by atoms with Gasteiger partial charge in [-0.3, -0.25) is 0 Å². The Balaban J connectivity index is 2.11. The number of pyridine rings is 1. The van der Waals surface area contributed by atoms with Crippen LogP contribution in [0.1, 0.15) is 12.8 Å². The molecule has 1 aliphatic heterocycles. The molecule has 0 amide bonds. The van der Waals surface area contributed by atoms with Crippen LogP contribution in [0.3, 0.4) is 0 Å². The summed E-state index contributed by atoms with van der Waals surface area (Å²) in [4.78, 5) is 4.16. The van der Waals surface area contributed by atoms with Gasteiger partial charge in [-0.1, -0.05) is 17.7 Å². The SMILES string of the molecule is OCC1(Nc2cccc(Cl)n2)CCOCC1. The third-order valence-corrected chi connectivity index (χ3v) is 3.07. The van der Waals surface area contributed by atoms with Crippen molar-refractivity contribution in [1.82, 2.24) is 4.98 Å². The Bertz CT molecular complexity index is 354. The monoisotopic (exact) mass is 242 g/mol. The van der Waals surface area contributed by atoms with E-state index in [2.05, 4.69) is 10.3 Å². The molecule has 16 heavy (non-hydrogen) atoms. The van der Waals surface area contributed by atoms with E-state index in [0.29, 0.717) is 24.2 Å². The van der Waals surface area contributed by atoms with Gasteiger partial charge in [0.05, 0.1) is 12.1 Å². The zero-order valence-corrected chi connectivity index (χ0v) is 9.70. The number of nitrogens with one attached hydrogen (secondary N) is 1. The van der Waals surface area contributed by atoms with Crippen molar-refractivity contribution in [3.05, 3.63) is 23.4 Å². The van der Waals surface area contributed by atoms with Gasteiger partial charge in [-0.2, -0.15) is 0 Å². The summed E-state index contributed by atoms with van der Waals surface area (Å²) in [5, 5.41) is 13.2. The standard InChI is InChI=1S/C11H15ClN2O2/c12-9-2-1-3-10(13-9)14-11(8-15)4-6-16-7-5-11/h1-3,15H,4-8H2,(H,13,14). The quantitative estimate of drug-likeness (QED) is 0.792. The van der Waals surface area contributed by atoms with E-state index >= 15 is 0 Å². The zero-order chi connectivity index (χ0) is 11.4. The first kappa shape index (κ1) is 11.6. The van der Waals surface area contributed by atoms with Gasteiger partial charge in [0, 0.05) is 13.2 Å². The molecule has 1 aromatic rings. The number of aliphatic hydroxyl groups is 1. The summed E-state index contributed by atoms with van der Waals surface area (Å²) in [6, 6.07) is 5.41. The summed E-state index contributed by atoms with van der Waals surface area (Å²) in [5.41, 5.74) is -0.323. The highest BCUT2D eigenvalue weighted by molar-refractivity contribution is 6.29. The van der Waals surface area contributed by atoms with Crippen LogP contribution in [0.25, 0.3) is 0 Å². The fourth-order valence-electron chi connectivity index (χ4n) is 1.83. The molecule has 0 unspecified atom stereocenters. The Labute approximate surface area is 99.6 Å². The van der Waals surface area contributed by atoms with Crippen molar-refractivity contribution < 1.29 is 9.84 Å². The molecule has 4 nitrogen and oxygen atoms in total. The molecule has 0 aromatic carbocycles. The van der Waals surface area contributed by atoms with Crippen LogP contribution in [-0.4, -0.2) is 35.5 Å². The smallest absolute Gasteiger partial charge is 0.131 e. The topological polar surface area (TPSA) is 54.4 Å². The molecule has 1 saturated heterocycles. The van der Waals surface area contributed by atoms with Gasteiger partial charge in [-0.25, -0.2) is 4.98 Å². The van der Waals surface area contributed by atoms with Gasteiger partial charge in [0.2, 0.25) is 0 Å². The second kappa shape index (κ2) is 4.99. The fourth-order valence-corrected chi connectivity index (χ4v) is 2.00. The second-order valence-electron chi connectivity index (χ2n) is 4.02. The van der Waals surface area contributed by atoms with Gasteiger partial charge in [-0.15, -0.1) is 0 Å². The van der Waals surface area contributed by atoms with Crippen molar-refractivity contribution in [3.63, 3.8) is 0 Å². The van der Waals surface area contributed by atoms with Gasteiger partial charge in [0.15, 0.2) is 0 Å². The van der Waals surface area contributed by atoms with Gasteiger partial charge in [0.1, 0.15) is 11.0 Å². The predicted molar refractivity (Wildman–Crippen MR) is 62.7 cm³/mol. The molecule has 0 aliphatic carbocycles. The van der Waals surface area contributed by atoms with E-state index < -0.39 is 0 Å². The summed E-state index contributed by atoms with van der Waals surface area (Å²) in [6.07, 6.45) is 1.55. The van der Waals surface area contributed by atoms with E-state index in [-0.39, 0.29) is 12.1 Å². The Morgan fingerprint density at radius 3 is 2.81 bits per heavy atom. The third kappa shape index (κ3) is 2.64. The normalized spacial score (nSPS) is 19.4. The summed E-state index contributed by atoms with van der Waals surface area (Å²) in [5.74, 6) is 0.698. The minimum atomic E-state index is -0.323. The highest BCUT2D eigenvalue weighted by atomic mass is 35.5. The van der Waals surface area contributed by atoms with Gasteiger partial charge >= 0.3 is 0 Å². The lowest BCUT2D eigenvalue weighted by Crippen LogP contribution is -2.47. The summed E-state index contributed by atoms with van der Waals surface area (Å²) < 4.78 is 5.29. The Morgan fingerprint density at radius 1 is 1.44 bits per heavy atom. The Morgan fingerprint density at radius 2 is 2.19 bits per heavy atom. The van der Waals surface area contributed by atoms with Crippen LogP contribution in [0.15, 0.2) is 18.2 Å². The van der Waals surface area contributed by atoms with Crippen molar-refractivity contribution in [1.29, 1.82) is 0 Å². The number of rotatable bonds is 3. The summed E-state index contributed by atoms with van der Waals surface area (Å²) >= 11 is 5.81. The molecule has 2 heterocycles. The molecular weight excluding hydrogens is 228 g/mol. The first-order valence-corrected chi connectivity index (χ1v) is 5.71. The van der Waals surface area contributed by atoms with Crippen molar-refractivity contribution in [2.75, 3.05) is 25.1 Å². The average Bonchev–Trinajstić information content (AvgIpc) is 2.30. The molecule has 2 rings (SSSR count). The number of hydrogen-bond acceptors (Lipinski definition) is 4. The molecule has 2 N–H and O–H groups in total. The molecule has 0 radical (unpaired) electrons. The van der Waals surface area contributed by atoms with Crippen LogP contribution in [0.2, 0.25) is 5.15 Å². The zero-order valence-electron chi connectivity index (χ0n) is 8.95. The first-order chi connectivity index (χ1) is 7.74. The lowest BCUT2D eigenvalue weighted by molar-refractivity contribution is 0.0378. The van der Waals surface area contributed by atoms with E-state index in [4.69, 9.17) is 16.3 Å². The highest BCUT2D eigenvalue weighted by Crippen LogP contribution is 2.25. The molecule has 0 spiro atoms. The Hall–Kier alpha value is -0.840. The maximum Gasteiger partial charge on any atom is 0.131 e. The number of hydrogen-bond donors (Lipinski definition) is 2. The number of halogens is 1. The maximum absolute atomic E-state index is 9.49. The number of nitrogens with zero attached hydrogens (tertiary/aromatic N) is 1. The average molecular weight is 243 g/mol. The minimum absolute atomic E-state index is 0.0740. The second-order valence-corrected chi connectivity index (χ2v) is 4.41. The Kier molecular flexibility index (Phi) is 3.63. The molecule has 0 atom stereocenters. The molecular formula is C11H15ClN2O2. The van der Waals surface area contributed by atoms with E-state index in [1.165, 1.54) is 0 Å². The number of ether oxygens (including phenoxy) is 1. The van der Waals surface area contributed by atoms with Crippen molar-refractivity contribution in [2.45, 2.75) is 18.4 Å². The van der Waals surface area contributed by atoms with Crippen LogP contribution in [0.5, 0.6) is 0 Å². The lowest BCUT2D eigenvalue weighted by Gasteiger charge is -2.36. The number of aliphatic hydroxyl groups excluding tert-OH is 1. The van der Waals surface area contributed by atoms with Gasteiger partial charge in [0.25, 0.3) is 0 Å². The highest BCUT2D eigenvalue weighted by Gasteiger charge is 2.32. The van der Waals surface area contributed by atoms with Crippen molar-refractivity contribution >= 4 is 17.4 Å². The van der Waals surface area contributed by atoms with Gasteiger partial charge < -0.3 is 15.2 Å². The van der Waals surface area contributed by atoms with Crippen LogP contribution in [-0.2, 0) is 4.74 Å². The first-order valence-electron chi connectivity index (χ1n) is 5.33. The molecule has 0 saturated carbocycles. The van der Waals surface area contributed by atoms with E-state index in [1.54, 1.807) is 6.07 Å². The van der Waals surface area contributed by atoms with Crippen LogP contribution >= 0.6 is 11.6 Å². The third-order valence-electron chi connectivity index (χ3n) is 2.86. The summed E-state index contributed by atoms with van der Waals surface area (Å²) in [7, 11) is 0. The number of anilines is 1. The molecule has 88 valence electrons. The molecule has 0 bridgehead atoms. The molecule has 1 aliphatic rings. The van der Waals surface area contributed by atoms with Crippen LogP contribution < -0.4 is 5.32 Å². The fraction of sp³-hybridized carbons (Fsp3) is 0.545. The van der Waals surface area contributed by atoms with E-state index in [1.807, 2.05) is 12.1 Å². The predicted octanol–water partition coefficient (Wildman–Crippen LogP) is 1.69.